The molecule has 2 N–H and O–H groups in total. The molecular formula is C14H17N3O2. The van der Waals surface area contributed by atoms with Crippen LogP contribution in [0.2, 0.25) is 0 Å². The van der Waals surface area contributed by atoms with Gasteiger partial charge in [-0.2, -0.15) is 5.10 Å². The number of nitrogens with one attached hydrogen (secondary N) is 1. The molecule has 2 aromatic rings. The quantitative estimate of drug-likeness (QED) is 0.877. The van der Waals surface area contributed by atoms with Crippen molar-refractivity contribution in [3.05, 3.63) is 36.7 Å². The molecule has 1 aliphatic heterocycles. The standard InChI is InChI=1S/C14H17N3O2/c18-13-5-3-12(4-6-13)17-9-14(8-16-17)19-10-11-2-1-7-15-11/h3-6,8-9,11,15,18H,1-2,7,10H2. The number of aromatic nitrogens is 2. The van der Waals surface area contributed by atoms with Crippen LogP contribution in [0.15, 0.2) is 36.7 Å². The molecular weight excluding hydrogens is 242 g/mol. The molecule has 0 aliphatic carbocycles. The lowest BCUT2D eigenvalue weighted by atomic mass is 10.2. The van der Waals surface area contributed by atoms with E-state index in [0.717, 1.165) is 18.0 Å². The van der Waals surface area contributed by atoms with E-state index in [9.17, 15) is 5.11 Å². The van der Waals surface area contributed by atoms with Crippen molar-refractivity contribution in [1.29, 1.82) is 0 Å². The van der Waals surface area contributed by atoms with Crippen LogP contribution in [0.4, 0.5) is 0 Å². The zero-order valence-corrected chi connectivity index (χ0v) is 10.6. The second kappa shape index (κ2) is 5.32. The molecule has 100 valence electrons. The molecule has 2 heterocycles. The van der Waals surface area contributed by atoms with Crippen LogP contribution < -0.4 is 10.1 Å². The predicted molar refractivity (Wildman–Crippen MR) is 71.7 cm³/mol. The third kappa shape index (κ3) is 2.88. The van der Waals surface area contributed by atoms with Gasteiger partial charge in [-0.1, -0.05) is 0 Å². The number of ether oxygens (including phenoxy) is 1. The minimum Gasteiger partial charge on any atom is -0.508 e. The van der Waals surface area contributed by atoms with Gasteiger partial charge >= 0.3 is 0 Å². The Bertz CT molecular complexity index is 530. The predicted octanol–water partition coefficient (Wildman–Crippen LogP) is 1.71. The summed E-state index contributed by atoms with van der Waals surface area (Å²) in [6.45, 7) is 1.77. The van der Waals surface area contributed by atoms with Gasteiger partial charge in [-0.05, 0) is 43.7 Å². The summed E-state index contributed by atoms with van der Waals surface area (Å²) in [7, 11) is 0. The Morgan fingerprint density at radius 3 is 2.95 bits per heavy atom. The maximum atomic E-state index is 9.25. The highest BCUT2D eigenvalue weighted by atomic mass is 16.5. The van der Waals surface area contributed by atoms with Gasteiger partial charge in [0.25, 0.3) is 0 Å². The maximum absolute atomic E-state index is 9.25. The zero-order chi connectivity index (χ0) is 13.1. The fourth-order valence-electron chi connectivity index (χ4n) is 2.22. The van der Waals surface area contributed by atoms with Crippen molar-refractivity contribution < 1.29 is 9.84 Å². The molecule has 0 saturated carbocycles. The first-order valence-corrected chi connectivity index (χ1v) is 6.51. The summed E-state index contributed by atoms with van der Waals surface area (Å²) < 4.78 is 7.45. The van der Waals surface area contributed by atoms with Crippen molar-refractivity contribution in [3.63, 3.8) is 0 Å². The summed E-state index contributed by atoms with van der Waals surface area (Å²) in [6.07, 6.45) is 5.95. The zero-order valence-electron chi connectivity index (χ0n) is 10.6. The lowest BCUT2D eigenvalue weighted by Crippen LogP contribution is -2.28. The van der Waals surface area contributed by atoms with E-state index in [-0.39, 0.29) is 5.75 Å². The monoisotopic (exact) mass is 259 g/mol. The summed E-state index contributed by atoms with van der Waals surface area (Å²) in [5, 5.41) is 16.9. The maximum Gasteiger partial charge on any atom is 0.157 e. The smallest absolute Gasteiger partial charge is 0.157 e. The minimum absolute atomic E-state index is 0.250. The van der Waals surface area contributed by atoms with Gasteiger partial charge in [0, 0.05) is 6.04 Å². The first-order chi connectivity index (χ1) is 9.31. The fraction of sp³-hybridized carbons (Fsp3) is 0.357. The van der Waals surface area contributed by atoms with E-state index in [1.807, 2.05) is 18.3 Å². The number of hydrogen-bond donors (Lipinski definition) is 2. The SMILES string of the molecule is Oc1ccc(-n2cc(OCC3CCCN3)cn2)cc1. The summed E-state index contributed by atoms with van der Waals surface area (Å²) >= 11 is 0. The van der Waals surface area contributed by atoms with Crippen LogP contribution in [-0.2, 0) is 0 Å². The van der Waals surface area contributed by atoms with Crippen LogP contribution in [0, 0.1) is 0 Å². The fourth-order valence-corrected chi connectivity index (χ4v) is 2.22. The molecule has 3 rings (SSSR count). The molecule has 1 saturated heterocycles. The first kappa shape index (κ1) is 12.0. The molecule has 1 aliphatic rings. The molecule has 1 fully saturated rings. The van der Waals surface area contributed by atoms with E-state index in [1.165, 1.54) is 12.8 Å². The number of phenolic OH excluding ortho intramolecular Hbond substituents is 1. The van der Waals surface area contributed by atoms with E-state index in [1.54, 1.807) is 23.0 Å². The van der Waals surface area contributed by atoms with Crippen LogP contribution in [0.5, 0.6) is 11.5 Å². The molecule has 1 aromatic carbocycles. The number of phenols is 1. The highest BCUT2D eigenvalue weighted by Gasteiger charge is 2.14. The van der Waals surface area contributed by atoms with Gasteiger partial charge in [-0.15, -0.1) is 0 Å². The van der Waals surface area contributed by atoms with Crippen molar-refractivity contribution in [3.8, 4) is 17.2 Å². The largest absolute Gasteiger partial charge is 0.508 e. The second-order valence-corrected chi connectivity index (χ2v) is 4.74. The molecule has 1 atom stereocenters. The highest BCUT2D eigenvalue weighted by Crippen LogP contribution is 2.17. The van der Waals surface area contributed by atoms with Gasteiger partial charge in [0.1, 0.15) is 12.4 Å². The molecule has 0 bridgehead atoms. The van der Waals surface area contributed by atoms with E-state index in [2.05, 4.69) is 10.4 Å². The Morgan fingerprint density at radius 2 is 2.21 bits per heavy atom. The normalized spacial score (nSPS) is 18.6. The van der Waals surface area contributed by atoms with Gasteiger partial charge in [-0.25, -0.2) is 4.68 Å². The average molecular weight is 259 g/mol. The third-order valence-electron chi connectivity index (χ3n) is 3.29. The highest BCUT2D eigenvalue weighted by molar-refractivity contribution is 5.37. The van der Waals surface area contributed by atoms with Gasteiger partial charge in [0.15, 0.2) is 5.75 Å². The number of hydrogen-bond acceptors (Lipinski definition) is 4. The molecule has 5 heteroatoms. The Morgan fingerprint density at radius 1 is 1.37 bits per heavy atom. The van der Waals surface area contributed by atoms with Crippen molar-refractivity contribution in [2.45, 2.75) is 18.9 Å². The lowest BCUT2D eigenvalue weighted by Gasteiger charge is -2.10. The average Bonchev–Trinajstić information content (AvgIpc) is 3.09. The van der Waals surface area contributed by atoms with Crippen molar-refractivity contribution in [1.82, 2.24) is 15.1 Å². The summed E-state index contributed by atoms with van der Waals surface area (Å²) in [5.74, 6) is 1.02. The van der Waals surface area contributed by atoms with Gasteiger partial charge in [0.2, 0.25) is 0 Å². The molecule has 1 unspecified atom stereocenters. The summed E-state index contributed by atoms with van der Waals surface area (Å²) in [5.41, 5.74) is 0.895. The van der Waals surface area contributed by atoms with E-state index >= 15 is 0 Å². The van der Waals surface area contributed by atoms with Crippen molar-refractivity contribution in [2.24, 2.45) is 0 Å². The Balaban J connectivity index is 1.63. The summed E-state index contributed by atoms with van der Waals surface area (Å²) in [6, 6.07) is 7.35. The molecule has 1 aromatic heterocycles. The topological polar surface area (TPSA) is 59.3 Å². The van der Waals surface area contributed by atoms with Crippen LogP contribution >= 0.6 is 0 Å². The van der Waals surface area contributed by atoms with Crippen molar-refractivity contribution >= 4 is 0 Å². The molecule has 0 amide bonds. The van der Waals surface area contributed by atoms with Gasteiger partial charge < -0.3 is 15.2 Å². The Kier molecular flexibility index (Phi) is 3.37. The number of rotatable bonds is 4. The van der Waals surface area contributed by atoms with E-state index < -0.39 is 0 Å². The minimum atomic E-state index is 0.250. The van der Waals surface area contributed by atoms with E-state index in [0.29, 0.717) is 12.6 Å². The number of aromatic hydroxyl groups is 1. The third-order valence-corrected chi connectivity index (χ3v) is 3.29. The first-order valence-electron chi connectivity index (χ1n) is 6.51. The van der Waals surface area contributed by atoms with Crippen LogP contribution in [0.3, 0.4) is 0 Å². The Labute approximate surface area is 111 Å². The number of benzene rings is 1. The van der Waals surface area contributed by atoms with Gasteiger partial charge in [-0.3, -0.25) is 0 Å². The van der Waals surface area contributed by atoms with E-state index in [4.69, 9.17) is 4.74 Å². The van der Waals surface area contributed by atoms with Gasteiger partial charge in [0.05, 0.1) is 18.1 Å². The molecule has 19 heavy (non-hydrogen) atoms. The lowest BCUT2D eigenvalue weighted by molar-refractivity contribution is 0.277. The molecule has 5 nitrogen and oxygen atoms in total. The molecule has 0 spiro atoms. The second-order valence-electron chi connectivity index (χ2n) is 4.74. The number of nitrogens with zero attached hydrogens (tertiary/aromatic N) is 2. The molecule has 0 radical (unpaired) electrons. The van der Waals surface area contributed by atoms with Crippen molar-refractivity contribution in [2.75, 3.05) is 13.2 Å². The van der Waals surface area contributed by atoms with Crippen LogP contribution in [0.25, 0.3) is 5.69 Å². The Hall–Kier alpha value is -2.01. The van der Waals surface area contributed by atoms with Crippen LogP contribution in [-0.4, -0.2) is 34.1 Å². The van der Waals surface area contributed by atoms with Crippen LogP contribution in [0.1, 0.15) is 12.8 Å². The summed E-state index contributed by atoms with van der Waals surface area (Å²) in [4.78, 5) is 0.